The van der Waals surface area contributed by atoms with Crippen molar-refractivity contribution in [3.05, 3.63) is 17.5 Å². The maximum Gasteiger partial charge on any atom is 0.228 e. The lowest BCUT2D eigenvalue weighted by molar-refractivity contribution is 0.572. The molecule has 1 aromatic heterocycles. The lowest BCUT2D eigenvalue weighted by Crippen LogP contribution is -2.32. The molecule has 0 aromatic carbocycles. The van der Waals surface area contributed by atoms with Crippen LogP contribution in [0.2, 0.25) is 0 Å². The van der Waals surface area contributed by atoms with Crippen molar-refractivity contribution in [2.75, 3.05) is 0 Å². The number of aryl methyl sites for hydroxylation is 2. The summed E-state index contributed by atoms with van der Waals surface area (Å²) in [4.78, 5) is 0. The summed E-state index contributed by atoms with van der Waals surface area (Å²) in [7, 11) is -1.79. The first-order chi connectivity index (χ1) is 8.44. The molecule has 1 rings (SSSR count). The van der Waals surface area contributed by atoms with E-state index in [1.165, 1.54) is 0 Å². The van der Waals surface area contributed by atoms with E-state index in [2.05, 4.69) is 9.82 Å². The molecule has 1 aromatic rings. The van der Waals surface area contributed by atoms with Crippen molar-refractivity contribution in [3.63, 3.8) is 0 Å². The zero-order valence-corrected chi connectivity index (χ0v) is 11.7. The molecule has 0 saturated carbocycles. The molecule has 100 valence electrons. The number of hydrogen-bond acceptors (Lipinski definition) is 4. The zero-order chi connectivity index (χ0) is 13.8. The number of rotatable bonds is 6. The molecule has 0 spiro atoms. The van der Waals surface area contributed by atoms with Crippen molar-refractivity contribution >= 4 is 10.0 Å². The number of nitrogens with one attached hydrogen (secondary N) is 1. The Bertz CT molecular complexity index is 542. The van der Waals surface area contributed by atoms with Crippen LogP contribution in [0.4, 0.5) is 0 Å². The van der Waals surface area contributed by atoms with Gasteiger partial charge < -0.3 is 0 Å². The van der Waals surface area contributed by atoms with Crippen LogP contribution in [0.25, 0.3) is 0 Å². The van der Waals surface area contributed by atoms with Crippen LogP contribution < -0.4 is 4.72 Å². The van der Waals surface area contributed by atoms with Gasteiger partial charge in [-0.1, -0.05) is 13.8 Å². The molecule has 0 saturated heterocycles. The van der Waals surface area contributed by atoms with Crippen molar-refractivity contribution in [1.29, 1.82) is 5.26 Å². The standard InChI is InChI=1S/C11H18N4O2S/c1-4-10(6-12)18(16,17)13-7-9-8-15(3)14-11(9)5-2/h8,10,13H,4-5,7H2,1-3H3. The molecule has 1 unspecified atom stereocenters. The van der Waals surface area contributed by atoms with E-state index < -0.39 is 15.3 Å². The van der Waals surface area contributed by atoms with E-state index in [-0.39, 0.29) is 13.0 Å². The van der Waals surface area contributed by atoms with Crippen molar-refractivity contribution in [2.45, 2.75) is 38.5 Å². The fraction of sp³-hybridized carbons (Fsp3) is 0.636. The van der Waals surface area contributed by atoms with Crippen LogP contribution in [0.15, 0.2) is 6.20 Å². The molecule has 0 aliphatic carbocycles. The Morgan fingerprint density at radius 2 is 2.22 bits per heavy atom. The third-order valence-electron chi connectivity index (χ3n) is 2.68. The van der Waals surface area contributed by atoms with Gasteiger partial charge in [0, 0.05) is 25.4 Å². The molecular formula is C11H18N4O2S. The second-order valence-corrected chi connectivity index (χ2v) is 5.97. The molecule has 0 fully saturated rings. The van der Waals surface area contributed by atoms with Gasteiger partial charge in [0.15, 0.2) is 5.25 Å². The van der Waals surface area contributed by atoms with E-state index in [0.717, 1.165) is 17.7 Å². The molecule has 0 bridgehead atoms. The molecule has 18 heavy (non-hydrogen) atoms. The molecule has 7 heteroatoms. The predicted octanol–water partition coefficient (Wildman–Crippen LogP) is 0.704. The second kappa shape index (κ2) is 5.98. The first-order valence-corrected chi connectivity index (χ1v) is 7.38. The van der Waals surface area contributed by atoms with Gasteiger partial charge in [0.2, 0.25) is 10.0 Å². The summed E-state index contributed by atoms with van der Waals surface area (Å²) in [5.41, 5.74) is 1.71. The summed E-state index contributed by atoms with van der Waals surface area (Å²) < 4.78 is 27.7. The van der Waals surface area contributed by atoms with E-state index in [0.29, 0.717) is 0 Å². The van der Waals surface area contributed by atoms with E-state index in [4.69, 9.17) is 5.26 Å². The van der Waals surface area contributed by atoms with Crippen molar-refractivity contribution in [3.8, 4) is 6.07 Å². The lowest BCUT2D eigenvalue weighted by atomic mass is 10.2. The minimum Gasteiger partial charge on any atom is -0.275 e. The molecule has 6 nitrogen and oxygen atoms in total. The van der Waals surface area contributed by atoms with Crippen LogP contribution in [0, 0.1) is 11.3 Å². The van der Waals surface area contributed by atoms with Crippen LogP contribution in [-0.2, 0) is 30.0 Å². The molecule has 1 atom stereocenters. The summed E-state index contributed by atoms with van der Waals surface area (Å²) >= 11 is 0. The van der Waals surface area contributed by atoms with Crippen molar-refractivity contribution in [1.82, 2.24) is 14.5 Å². The highest BCUT2D eigenvalue weighted by atomic mass is 32.2. The van der Waals surface area contributed by atoms with Gasteiger partial charge in [-0.15, -0.1) is 0 Å². The normalized spacial score (nSPS) is 13.2. The predicted molar refractivity (Wildman–Crippen MR) is 68.0 cm³/mol. The number of aromatic nitrogens is 2. The number of nitriles is 1. The first-order valence-electron chi connectivity index (χ1n) is 5.84. The third kappa shape index (κ3) is 3.31. The Kier molecular flexibility index (Phi) is 4.87. The summed E-state index contributed by atoms with van der Waals surface area (Å²) in [5, 5.41) is 12.0. The van der Waals surface area contributed by atoms with Gasteiger partial charge in [-0.2, -0.15) is 10.4 Å². The Labute approximate surface area is 108 Å². The molecule has 0 aliphatic rings. The number of nitrogens with zero attached hydrogens (tertiary/aromatic N) is 3. The quantitative estimate of drug-likeness (QED) is 0.824. The Morgan fingerprint density at radius 3 is 2.72 bits per heavy atom. The van der Waals surface area contributed by atoms with Gasteiger partial charge in [-0.3, -0.25) is 4.68 Å². The van der Waals surface area contributed by atoms with Gasteiger partial charge in [0.05, 0.1) is 11.8 Å². The van der Waals surface area contributed by atoms with Gasteiger partial charge in [0.1, 0.15) is 0 Å². The Hall–Kier alpha value is -1.39. The van der Waals surface area contributed by atoms with Gasteiger partial charge >= 0.3 is 0 Å². The largest absolute Gasteiger partial charge is 0.275 e. The molecule has 0 aliphatic heterocycles. The second-order valence-electron chi connectivity index (χ2n) is 4.02. The van der Waals surface area contributed by atoms with Crippen LogP contribution in [0.5, 0.6) is 0 Å². The SMILES string of the molecule is CCc1nn(C)cc1CNS(=O)(=O)C(C#N)CC. The minimum absolute atomic E-state index is 0.178. The highest BCUT2D eigenvalue weighted by molar-refractivity contribution is 7.90. The lowest BCUT2D eigenvalue weighted by Gasteiger charge is -2.09. The average Bonchev–Trinajstić information content (AvgIpc) is 2.68. The molecule has 1 N–H and O–H groups in total. The topological polar surface area (TPSA) is 87.8 Å². The highest BCUT2D eigenvalue weighted by Crippen LogP contribution is 2.09. The molecule has 0 radical (unpaired) electrons. The van der Waals surface area contributed by atoms with Crippen LogP contribution in [-0.4, -0.2) is 23.4 Å². The Balaban J connectivity index is 2.79. The number of sulfonamides is 1. The molecular weight excluding hydrogens is 252 g/mol. The minimum atomic E-state index is -3.58. The maximum absolute atomic E-state index is 11.8. The molecule has 1 heterocycles. The number of hydrogen-bond donors (Lipinski definition) is 1. The average molecular weight is 270 g/mol. The van der Waals surface area contributed by atoms with Crippen molar-refractivity contribution in [2.24, 2.45) is 7.05 Å². The molecule has 0 amide bonds. The zero-order valence-electron chi connectivity index (χ0n) is 10.8. The van der Waals surface area contributed by atoms with E-state index in [1.807, 2.05) is 6.92 Å². The maximum atomic E-state index is 11.8. The summed E-state index contributed by atoms with van der Waals surface area (Å²) in [6, 6.07) is 1.79. The smallest absolute Gasteiger partial charge is 0.228 e. The van der Waals surface area contributed by atoms with Crippen LogP contribution in [0.3, 0.4) is 0 Å². The Morgan fingerprint density at radius 1 is 1.56 bits per heavy atom. The van der Waals surface area contributed by atoms with Crippen LogP contribution >= 0.6 is 0 Å². The van der Waals surface area contributed by atoms with Gasteiger partial charge in [-0.25, -0.2) is 13.1 Å². The third-order valence-corrected chi connectivity index (χ3v) is 4.41. The summed E-state index contributed by atoms with van der Waals surface area (Å²) in [6.45, 7) is 3.82. The van der Waals surface area contributed by atoms with E-state index in [1.54, 1.807) is 30.9 Å². The van der Waals surface area contributed by atoms with Crippen LogP contribution in [0.1, 0.15) is 31.5 Å². The first kappa shape index (κ1) is 14.7. The highest BCUT2D eigenvalue weighted by Gasteiger charge is 2.23. The monoisotopic (exact) mass is 270 g/mol. The van der Waals surface area contributed by atoms with E-state index >= 15 is 0 Å². The van der Waals surface area contributed by atoms with Gasteiger partial charge in [0.25, 0.3) is 0 Å². The van der Waals surface area contributed by atoms with Crippen molar-refractivity contribution < 1.29 is 8.42 Å². The van der Waals surface area contributed by atoms with Gasteiger partial charge in [-0.05, 0) is 12.8 Å². The summed E-state index contributed by atoms with van der Waals surface area (Å²) in [6.07, 6.45) is 2.81. The fourth-order valence-electron chi connectivity index (χ4n) is 1.69. The summed E-state index contributed by atoms with van der Waals surface area (Å²) in [5.74, 6) is 0. The fourth-order valence-corrected chi connectivity index (χ4v) is 2.82. The van der Waals surface area contributed by atoms with E-state index in [9.17, 15) is 8.42 Å².